The summed E-state index contributed by atoms with van der Waals surface area (Å²) in [4.78, 5) is 0. The lowest BCUT2D eigenvalue weighted by atomic mass is 9.98. The largest absolute Gasteiger partial charge is 0.308 e. The maximum absolute atomic E-state index is 4.13. The van der Waals surface area contributed by atoms with Crippen molar-refractivity contribution >= 4 is 11.3 Å². The molecule has 0 aliphatic rings. The molecule has 1 aromatic rings. The Bertz CT molecular complexity index is 298. The minimum atomic E-state index is 0.610. The number of nitrogens with one attached hydrogen (secondary N) is 1. The summed E-state index contributed by atoms with van der Waals surface area (Å²) in [7, 11) is 0. The molecule has 0 fully saturated rings. The Labute approximate surface area is 103 Å². The van der Waals surface area contributed by atoms with Gasteiger partial charge in [0.05, 0.1) is 0 Å². The van der Waals surface area contributed by atoms with Gasteiger partial charge in [0.1, 0.15) is 10.0 Å². The summed E-state index contributed by atoms with van der Waals surface area (Å²) in [5.41, 5.74) is 0. The first-order valence-corrected chi connectivity index (χ1v) is 6.99. The van der Waals surface area contributed by atoms with Crippen LogP contribution in [0.2, 0.25) is 0 Å². The highest BCUT2D eigenvalue weighted by atomic mass is 32.1. The molecule has 0 radical (unpaired) electrons. The molecule has 0 bridgehead atoms. The van der Waals surface area contributed by atoms with Crippen LogP contribution in [-0.4, -0.2) is 16.2 Å². The van der Waals surface area contributed by atoms with Crippen molar-refractivity contribution in [2.75, 3.05) is 0 Å². The third-order valence-electron chi connectivity index (χ3n) is 2.99. The van der Waals surface area contributed by atoms with Gasteiger partial charge in [0.15, 0.2) is 0 Å². The van der Waals surface area contributed by atoms with E-state index in [1.807, 2.05) is 6.92 Å². The van der Waals surface area contributed by atoms with E-state index >= 15 is 0 Å². The first kappa shape index (κ1) is 13.6. The fraction of sp³-hybridized carbons (Fsp3) is 0.833. The maximum Gasteiger partial charge on any atom is 0.131 e. The lowest BCUT2D eigenvalue weighted by Gasteiger charge is -2.19. The number of aryl methyl sites for hydroxylation is 1. The van der Waals surface area contributed by atoms with Crippen LogP contribution in [-0.2, 0) is 6.54 Å². The molecule has 0 amide bonds. The Morgan fingerprint density at radius 1 is 1.25 bits per heavy atom. The van der Waals surface area contributed by atoms with Crippen LogP contribution >= 0.6 is 11.3 Å². The molecule has 1 N–H and O–H groups in total. The van der Waals surface area contributed by atoms with Gasteiger partial charge >= 0.3 is 0 Å². The van der Waals surface area contributed by atoms with E-state index in [2.05, 4.69) is 36.3 Å². The van der Waals surface area contributed by atoms with Crippen molar-refractivity contribution in [2.45, 2.75) is 59.5 Å². The average molecular weight is 241 g/mol. The molecule has 0 saturated carbocycles. The van der Waals surface area contributed by atoms with E-state index in [1.165, 1.54) is 19.3 Å². The molecule has 0 spiro atoms. The van der Waals surface area contributed by atoms with Crippen molar-refractivity contribution < 1.29 is 0 Å². The van der Waals surface area contributed by atoms with Gasteiger partial charge in [0, 0.05) is 12.6 Å². The second-order valence-electron chi connectivity index (χ2n) is 4.45. The first-order valence-electron chi connectivity index (χ1n) is 6.18. The summed E-state index contributed by atoms with van der Waals surface area (Å²) in [5.74, 6) is 0.800. The topological polar surface area (TPSA) is 37.8 Å². The van der Waals surface area contributed by atoms with E-state index in [1.54, 1.807) is 11.3 Å². The van der Waals surface area contributed by atoms with E-state index in [0.717, 1.165) is 22.5 Å². The monoisotopic (exact) mass is 241 g/mol. The van der Waals surface area contributed by atoms with Gasteiger partial charge in [-0.1, -0.05) is 27.2 Å². The molecule has 1 aromatic heterocycles. The molecular formula is C12H23N3S. The van der Waals surface area contributed by atoms with Crippen molar-refractivity contribution in [2.24, 2.45) is 5.92 Å². The van der Waals surface area contributed by atoms with Crippen LogP contribution in [0.25, 0.3) is 0 Å². The molecule has 16 heavy (non-hydrogen) atoms. The second kappa shape index (κ2) is 6.97. The Morgan fingerprint density at radius 3 is 2.50 bits per heavy atom. The third kappa shape index (κ3) is 4.58. The molecule has 1 rings (SSSR count). The van der Waals surface area contributed by atoms with Crippen LogP contribution in [0.3, 0.4) is 0 Å². The Morgan fingerprint density at radius 2 is 2.00 bits per heavy atom. The quantitative estimate of drug-likeness (QED) is 0.797. The van der Waals surface area contributed by atoms with E-state index in [-0.39, 0.29) is 0 Å². The first-order chi connectivity index (χ1) is 7.65. The third-order valence-corrected chi connectivity index (χ3v) is 3.83. The molecule has 0 aliphatic heterocycles. The zero-order chi connectivity index (χ0) is 12.0. The summed E-state index contributed by atoms with van der Waals surface area (Å²) in [5, 5.41) is 13.9. The average Bonchev–Trinajstić information content (AvgIpc) is 2.69. The highest BCUT2D eigenvalue weighted by molar-refractivity contribution is 7.11. The van der Waals surface area contributed by atoms with Gasteiger partial charge in [-0.05, 0) is 25.7 Å². The zero-order valence-electron chi connectivity index (χ0n) is 10.8. The van der Waals surface area contributed by atoms with Crippen molar-refractivity contribution in [3.63, 3.8) is 0 Å². The number of hydrogen-bond donors (Lipinski definition) is 1. The molecule has 3 nitrogen and oxygen atoms in total. The van der Waals surface area contributed by atoms with Crippen LogP contribution in [0.4, 0.5) is 0 Å². The molecule has 2 atom stereocenters. The fourth-order valence-corrected chi connectivity index (χ4v) is 2.35. The number of nitrogens with zero attached hydrogens (tertiary/aromatic N) is 2. The van der Waals surface area contributed by atoms with Crippen LogP contribution in [0.15, 0.2) is 0 Å². The smallest absolute Gasteiger partial charge is 0.131 e. The van der Waals surface area contributed by atoms with Crippen molar-refractivity contribution in [3.8, 4) is 0 Å². The van der Waals surface area contributed by atoms with E-state index in [0.29, 0.717) is 6.04 Å². The summed E-state index contributed by atoms with van der Waals surface area (Å²) in [6.07, 6.45) is 3.70. The molecule has 92 valence electrons. The minimum absolute atomic E-state index is 0.610. The maximum atomic E-state index is 4.13. The van der Waals surface area contributed by atoms with E-state index < -0.39 is 0 Å². The minimum Gasteiger partial charge on any atom is -0.308 e. The molecule has 0 aliphatic carbocycles. The van der Waals surface area contributed by atoms with Crippen LogP contribution < -0.4 is 5.32 Å². The summed E-state index contributed by atoms with van der Waals surface area (Å²) < 4.78 is 0. The summed E-state index contributed by atoms with van der Waals surface area (Å²) in [6, 6.07) is 0.610. The van der Waals surface area contributed by atoms with Crippen LogP contribution in [0.5, 0.6) is 0 Å². The predicted octanol–water partition coefficient (Wildman–Crippen LogP) is 3.15. The van der Waals surface area contributed by atoms with Gasteiger partial charge in [-0.25, -0.2) is 0 Å². The lowest BCUT2D eigenvalue weighted by molar-refractivity contribution is 0.383. The van der Waals surface area contributed by atoms with Gasteiger partial charge in [-0.15, -0.1) is 21.5 Å². The number of rotatable bonds is 7. The highest BCUT2D eigenvalue weighted by Gasteiger charge is 2.10. The summed E-state index contributed by atoms with van der Waals surface area (Å²) >= 11 is 1.68. The van der Waals surface area contributed by atoms with Gasteiger partial charge in [-0.3, -0.25) is 0 Å². The van der Waals surface area contributed by atoms with Crippen molar-refractivity contribution in [1.29, 1.82) is 0 Å². The SMILES string of the molecule is CCC(C)CC(CC)NCc1nnc(C)s1. The Balaban J connectivity index is 2.33. The standard InChI is InChI=1S/C12H23N3S/c1-5-9(3)7-11(6-2)13-8-12-15-14-10(4)16-12/h9,11,13H,5-8H2,1-4H3. The normalized spacial score (nSPS) is 15.0. The summed E-state index contributed by atoms with van der Waals surface area (Å²) in [6.45, 7) is 9.67. The fourth-order valence-electron chi connectivity index (χ4n) is 1.69. The number of aromatic nitrogens is 2. The van der Waals surface area contributed by atoms with Crippen LogP contribution in [0.1, 0.15) is 50.0 Å². The number of hydrogen-bond acceptors (Lipinski definition) is 4. The van der Waals surface area contributed by atoms with Crippen molar-refractivity contribution in [1.82, 2.24) is 15.5 Å². The van der Waals surface area contributed by atoms with Gasteiger partial charge in [-0.2, -0.15) is 0 Å². The second-order valence-corrected chi connectivity index (χ2v) is 5.72. The van der Waals surface area contributed by atoms with Gasteiger partial charge in [0.25, 0.3) is 0 Å². The Kier molecular flexibility index (Phi) is 5.91. The molecule has 4 heteroatoms. The van der Waals surface area contributed by atoms with Crippen LogP contribution in [0, 0.1) is 12.8 Å². The molecule has 1 heterocycles. The van der Waals surface area contributed by atoms with Crippen molar-refractivity contribution in [3.05, 3.63) is 10.0 Å². The molecular weight excluding hydrogens is 218 g/mol. The predicted molar refractivity (Wildman–Crippen MR) is 69.6 cm³/mol. The lowest BCUT2D eigenvalue weighted by Crippen LogP contribution is -2.29. The zero-order valence-corrected chi connectivity index (χ0v) is 11.6. The molecule has 0 saturated heterocycles. The molecule has 2 unspecified atom stereocenters. The Hall–Kier alpha value is -0.480. The molecule has 0 aromatic carbocycles. The van der Waals surface area contributed by atoms with Gasteiger partial charge in [0.2, 0.25) is 0 Å². The van der Waals surface area contributed by atoms with Gasteiger partial charge < -0.3 is 5.32 Å². The van der Waals surface area contributed by atoms with E-state index in [4.69, 9.17) is 0 Å². The highest BCUT2D eigenvalue weighted by Crippen LogP contribution is 2.13. The van der Waals surface area contributed by atoms with E-state index in [9.17, 15) is 0 Å².